The van der Waals surface area contributed by atoms with Gasteiger partial charge in [-0.1, -0.05) is 18.2 Å². The van der Waals surface area contributed by atoms with Gasteiger partial charge in [-0.3, -0.25) is 9.71 Å². The first-order chi connectivity index (χ1) is 15.6. The Morgan fingerprint density at radius 2 is 1.72 bits per heavy atom. The fourth-order valence-electron chi connectivity index (χ4n) is 3.76. The monoisotopic (exact) mass is 452 g/mol. The molecule has 1 aliphatic heterocycles. The van der Waals surface area contributed by atoms with Gasteiger partial charge < -0.3 is 15.0 Å². The molecule has 1 fully saturated rings. The summed E-state index contributed by atoms with van der Waals surface area (Å²) in [5.41, 5.74) is 1.66. The normalized spacial score (nSPS) is 14.8. The van der Waals surface area contributed by atoms with E-state index < -0.39 is 10.0 Å². The first-order valence-electron chi connectivity index (χ1n) is 10.8. The summed E-state index contributed by atoms with van der Waals surface area (Å²) in [4.78, 5) is 6.63. The molecule has 168 valence electrons. The minimum absolute atomic E-state index is 0.254. The predicted molar refractivity (Wildman–Crippen MR) is 127 cm³/mol. The molecule has 0 bridgehead atoms. The molecular weight excluding hydrogens is 424 g/mol. The number of rotatable bonds is 9. The third-order valence-electron chi connectivity index (χ3n) is 5.47. The molecule has 0 aliphatic carbocycles. The highest BCUT2D eigenvalue weighted by atomic mass is 32.2. The van der Waals surface area contributed by atoms with Crippen LogP contribution in [-0.2, 0) is 10.0 Å². The zero-order valence-electron chi connectivity index (χ0n) is 17.9. The van der Waals surface area contributed by atoms with Crippen LogP contribution in [-0.4, -0.2) is 45.7 Å². The third kappa shape index (κ3) is 5.99. The predicted octanol–water partition coefficient (Wildman–Crippen LogP) is 3.52. The van der Waals surface area contributed by atoms with Gasteiger partial charge in [0.05, 0.1) is 11.1 Å². The molecule has 2 N–H and O–H groups in total. The highest BCUT2D eigenvalue weighted by Crippen LogP contribution is 2.23. The highest BCUT2D eigenvalue weighted by molar-refractivity contribution is 7.92. The second-order valence-electron chi connectivity index (χ2n) is 7.72. The quantitative estimate of drug-likeness (QED) is 0.484. The summed E-state index contributed by atoms with van der Waals surface area (Å²) < 4.78 is 33.3. The lowest BCUT2D eigenvalue weighted by Gasteiger charge is -2.34. The second-order valence-corrected chi connectivity index (χ2v) is 9.40. The molecule has 3 aromatic rings. The van der Waals surface area contributed by atoms with Gasteiger partial charge in [0.15, 0.2) is 0 Å². The van der Waals surface area contributed by atoms with Crippen molar-refractivity contribution in [2.45, 2.75) is 23.8 Å². The van der Waals surface area contributed by atoms with E-state index >= 15 is 0 Å². The number of ether oxygens (including phenoxy) is 1. The average molecular weight is 453 g/mol. The van der Waals surface area contributed by atoms with Gasteiger partial charge in [0.2, 0.25) is 0 Å². The zero-order valence-corrected chi connectivity index (χ0v) is 18.7. The Balaban J connectivity index is 1.22. The van der Waals surface area contributed by atoms with Crippen LogP contribution in [0, 0.1) is 0 Å². The summed E-state index contributed by atoms with van der Waals surface area (Å²) in [7, 11) is -3.57. The SMILES string of the molecule is O=S(=O)(Nc1ccc(N2CCC(NCCOc3cccnc3)CC2)cc1)c1ccccc1. The maximum atomic E-state index is 12.5. The van der Waals surface area contributed by atoms with Crippen LogP contribution in [0.2, 0.25) is 0 Å². The minimum Gasteiger partial charge on any atom is -0.491 e. The molecule has 0 atom stereocenters. The lowest BCUT2D eigenvalue weighted by molar-refractivity contribution is 0.295. The van der Waals surface area contributed by atoms with Crippen molar-refractivity contribution < 1.29 is 13.2 Å². The second kappa shape index (κ2) is 10.5. The third-order valence-corrected chi connectivity index (χ3v) is 6.87. The number of sulfonamides is 1. The van der Waals surface area contributed by atoms with Crippen LogP contribution in [0.25, 0.3) is 0 Å². The maximum Gasteiger partial charge on any atom is 0.261 e. The Kier molecular flexibility index (Phi) is 7.24. The largest absolute Gasteiger partial charge is 0.491 e. The molecule has 2 aromatic carbocycles. The van der Waals surface area contributed by atoms with Crippen LogP contribution in [0.1, 0.15) is 12.8 Å². The minimum atomic E-state index is -3.57. The van der Waals surface area contributed by atoms with Crippen molar-refractivity contribution in [2.24, 2.45) is 0 Å². The summed E-state index contributed by atoms with van der Waals surface area (Å²) in [5.74, 6) is 0.790. The summed E-state index contributed by atoms with van der Waals surface area (Å²) in [6.07, 6.45) is 5.55. The van der Waals surface area contributed by atoms with E-state index in [1.807, 2.05) is 36.4 Å². The number of anilines is 2. The lowest BCUT2D eigenvalue weighted by atomic mass is 10.0. The molecule has 0 unspecified atom stereocenters. The highest BCUT2D eigenvalue weighted by Gasteiger charge is 2.19. The molecule has 4 rings (SSSR count). The van der Waals surface area contributed by atoms with Crippen LogP contribution in [0.15, 0.2) is 84.0 Å². The van der Waals surface area contributed by atoms with E-state index in [1.54, 1.807) is 42.7 Å². The van der Waals surface area contributed by atoms with Crippen molar-refractivity contribution in [3.8, 4) is 5.75 Å². The van der Waals surface area contributed by atoms with E-state index in [0.717, 1.165) is 43.9 Å². The maximum absolute atomic E-state index is 12.5. The standard InChI is InChI=1S/C24H28N4O3S/c29-32(30,24-6-2-1-3-7-24)27-21-8-10-22(11-9-21)28-16-12-20(13-17-28)26-15-18-31-23-5-4-14-25-19-23/h1-11,14,19-20,26-27H,12-13,15-18H2. The molecule has 1 saturated heterocycles. The van der Waals surface area contributed by atoms with E-state index in [4.69, 9.17) is 4.74 Å². The fourth-order valence-corrected chi connectivity index (χ4v) is 4.84. The topological polar surface area (TPSA) is 83.6 Å². The molecule has 7 nitrogen and oxygen atoms in total. The number of pyridine rings is 1. The van der Waals surface area contributed by atoms with Gasteiger partial charge in [0, 0.05) is 43.2 Å². The molecule has 8 heteroatoms. The lowest BCUT2D eigenvalue weighted by Crippen LogP contribution is -2.43. The molecule has 0 spiro atoms. The number of hydrogen-bond donors (Lipinski definition) is 2. The van der Waals surface area contributed by atoms with Crippen LogP contribution in [0.4, 0.5) is 11.4 Å². The molecule has 0 radical (unpaired) electrons. The van der Waals surface area contributed by atoms with Gasteiger partial charge in [-0.15, -0.1) is 0 Å². The van der Waals surface area contributed by atoms with E-state index in [1.165, 1.54) is 0 Å². The summed E-state index contributed by atoms with van der Waals surface area (Å²) in [5, 5.41) is 3.57. The number of nitrogens with one attached hydrogen (secondary N) is 2. The van der Waals surface area contributed by atoms with Crippen molar-refractivity contribution >= 4 is 21.4 Å². The average Bonchev–Trinajstić information content (AvgIpc) is 2.84. The van der Waals surface area contributed by atoms with Crippen LogP contribution in [0.5, 0.6) is 5.75 Å². The molecule has 0 amide bonds. The van der Waals surface area contributed by atoms with Gasteiger partial charge in [-0.25, -0.2) is 8.42 Å². The van der Waals surface area contributed by atoms with E-state index in [-0.39, 0.29) is 4.90 Å². The van der Waals surface area contributed by atoms with E-state index in [0.29, 0.717) is 18.3 Å². The number of hydrogen-bond acceptors (Lipinski definition) is 6. The molecular formula is C24H28N4O3S. The summed E-state index contributed by atoms with van der Waals surface area (Å²) in [6, 6.07) is 20.2. The van der Waals surface area contributed by atoms with E-state index in [9.17, 15) is 8.42 Å². The zero-order chi connectivity index (χ0) is 22.2. The van der Waals surface area contributed by atoms with Crippen molar-refractivity contribution in [1.29, 1.82) is 0 Å². The summed E-state index contributed by atoms with van der Waals surface area (Å²) >= 11 is 0. The van der Waals surface area contributed by atoms with E-state index in [2.05, 4.69) is 19.9 Å². The first kappa shape index (κ1) is 22.1. The Bertz CT molecular complexity index is 1070. The van der Waals surface area contributed by atoms with Gasteiger partial charge in [-0.2, -0.15) is 0 Å². The number of piperidine rings is 1. The van der Waals surface area contributed by atoms with Gasteiger partial charge in [0.25, 0.3) is 10.0 Å². The van der Waals surface area contributed by atoms with Crippen LogP contribution < -0.4 is 19.7 Å². The van der Waals surface area contributed by atoms with Gasteiger partial charge >= 0.3 is 0 Å². The van der Waals surface area contributed by atoms with Crippen molar-refractivity contribution in [2.75, 3.05) is 35.9 Å². The molecule has 32 heavy (non-hydrogen) atoms. The molecule has 1 aromatic heterocycles. The van der Waals surface area contributed by atoms with Crippen LogP contribution in [0.3, 0.4) is 0 Å². The van der Waals surface area contributed by atoms with Gasteiger partial charge in [-0.05, 0) is 61.4 Å². The Labute approximate surface area is 189 Å². The molecule has 0 saturated carbocycles. The Hall–Kier alpha value is -3.10. The van der Waals surface area contributed by atoms with Gasteiger partial charge in [0.1, 0.15) is 12.4 Å². The number of nitrogens with zero attached hydrogens (tertiary/aromatic N) is 2. The van der Waals surface area contributed by atoms with Crippen LogP contribution >= 0.6 is 0 Å². The summed E-state index contributed by atoms with van der Waals surface area (Å²) in [6.45, 7) is 3.33. The number of aromatic nitrogens is 1. The van der Waals surface area contributed by atoms with Crippen molar-refractivity contribution in [1.82, 2.24) is 10.3 Å². The Morgan fingerprint density at radius 3 is 2.41 bits per heavy atom. The smallest absolute Gasteiger partial charge is 0.261 e. The molecule has 1 aliphatic rings. The number of benzene rings is 2. The van der Waals surface area contributed by atoms with Crippen molar-refractivity contribution in [3.05, 3.63) is 79.1 Å². The first-order valence-corrected chi connectivity index (χ1v) is 12.3. The van der Waals surface area contributed by atoms with Crippen molar-refractivity contribution in [3.63, 3.8) is 0 Å². The Morgan fingerprint density at radius 1 is 0.969 bits per heavy atom. The molecule has 2 heterocycles. The fraction of sp³-hybridized carbons (Fsp3) is 0.292.